The van der Waals surface area contributed by atoms with Gasteiger partial charge in [-0.25, -0.2) is 0 Å². The van der Waals surface area contributed by atoms with Gasteiger partial charge in [0.2, 0.25) is 5.91 Å². The van der Waals surface area contributed by atoms with Crippen LogP contribution in [0.15, 0.2) is 30.3 Å². The van der Waals surface area contributed by atoms with E-state index in [2.05, 4.69) is 0 Å². The van der Waals surface area contributed by atoms with Gasteiger partial charge in [-0.15, -0.1) is 0 Å². The van der Waals surface area contributed by atoms with Gasteiger partial charge >= 0.3 is 5.97 Å². The number of aliphatic hydroxyl groups excluding tert-OH is 1. The summed E-state index contributed by atoms with van der Waals surface area (Å²) in [4.78, 5) is 24.5. The second kappa shape index (κ2) is 7.22. The number of rotatable bonds is 5. The van der Waals surface area contributed by atoms with E-state index in [4.69, 9.17) is 5.11 Å². The summed E-state index contributed by atoms with van der Waals surface area (Å²) in [7, 11) is 0. The highest BCUT2D eigenvalue weighted by Crippen LogP contribution is 2.22. The van der Waals surface area contributed by atoms with Crippen LogP contribution in [-0.2, 0) is 16.0 Å². The lowest BCUT2D eigenvalue weighted by atomic mass is 9.92. The van der Waals surface area contributed by atoms with Crippen LogP contribution in [0.3, 0.4) is 0 Å². The van der Waals surface area contributed by atoms with Gasteiger partial charge in [-0.3, -0.25) is 9.59 Å². The smallest absolute Gasteiger partial charge is 0.303 e. The average Bonchev–Trinajstić information content (AvgIpc) is 2.48. The lowest BCUT2D eigenvalue weighted by Crippen LogP contribution is -2.52. The van der Waals surface area contributed by atoms with Crippen molar-refractivity contribution in [3.63, 3.8) is 0 Å². The van der Waals surface area contributed by atoms with Crippen LogP contribution in [0, 0.1) is 0 Å². The lowest BCUT2D eigenvalue weighted by molar-refractivity contribution is -0.144. The number of likely N-dealkylation sites (tertiary alicyclic amines) is 1. The molecule has 2 N–H and O–H groups in total. The standard InChI is InChI=1S/C16H21NO4/c18-14-7-4-10-17(15(19)8-9-16(20)21)13(14)11-12-5-2-1-3-6-12/h1-3,5-6,13-14,18H,4,7-11H2,(H,20,21)/t13-,14-/m0/s1. The molecule has 0 bridgehead atoms. The second-order valence-electron chi connectivity index (χ2n) is 5.45. The molecule has 1 amide bonds. The van der Waals surface area contributed by atoms with Crippen LogP contribution in [0.1, 0.15) is 31.2 Å². The van der Waals surface area contributed by atoms with E-state index in [0.29, 0.717) is 19.4 Å². The van der Waals surface area contributed by atoms with Crippen LogP contribution in [0.4, 0.5) is 0 Å². The molecule has 1 heterocycles. The number of aliphatic hydroxyl groups is 1. The third-order valence-corrected chi connectivity index (χ3v) is 3.90. The van der Waals surface area contributed by atoms with Gasteiger partial charge in [-0.1, -0.05) is 30.3 Å². The van der Waals surface area contributed by atoms with Crippen molar-refractivity contribution in [3.05, 3.63) is 35.9 Å². The number of piperidine rings is 1. The summed E-state index contributed by atoms with van der Waals surface area (Å²) < 4.78 is 0. The van der Waals surface area contributed by atoms with Gasteiger partial charge < -0.3 is 15.1 Å². The van der Waals surface area contributed by atoms with E-state index < -0.39 is 12.1 Å². The number of hydrogen-bond acceptors (Lipinski definition) is 3. The van der Waals surface area contributed by atoms with Gasteiger partial charge in [0.15, 0.2) is 0 Å². The molecule has 21 heavy (non-hydrogen) atoms. The first kappa shape index (κ1) is 15.5. The molecule has 0 unspecified atom stereocenters. The van der Waals surface area contributed by atoms with E-state index in [1.165, 1.54) is 0 Å². The zero-order valence-electron chi connectivity index (χ0n) is 11.9. The fourth-order valence-electron chi connectivity index (χ4n) is 2.81. The van der Waals surface area contributed by atoms with Crippen molar-refractivity contribution in [1.82, 2.24) is 4.90 Å². The third kappa shape index (κ3) is 4.29. The molecule has 0 spiro atoms. The summed E-state index contributed by atoms with van der Waals surface area (Å²) in [5.41, 5.74) is 1.07. The monoisotopic (exact) mass is 291 g/mol. The topological polar surface area (TPSA) is 77.8 Å². The number of carbonyl (C=O) groups excluding carboxylic acids is 1. The molecule has 114 valence electrons. The quantitative estimate of drug-likeness (QED) is 0.860. The first-order valence-electron chi connectivity index (χ1n) is 7.31. The van der Waals surface area contributed by atoms with Gasteiger partial charge in [0, 0.05) is 13.0 Å². The van der Waals surface area contributed by atoms with E-state index in [9.17, 15) is 14.7 Å². The Bertz CT molecular complexity index is 488. The second-order valence-corrected chi connectivity index (χ2v) is 5.45. The van der Waals surface area contributed by atoms with Crippen LogP contribution < -0.4 is 0 Å². The Labute approximate surface area is 124 Å². The van der Waals surface area contributed by atoms with E-state index in [-0.39, 0.29) is 24.8 Å². The number of carboxylic acid groups (broad SMARTS) is 1. The molecule has 0 radical (unpaired) electrons. The maximum atomic E-state index is 12.2. The number of benzene rings is 1. The fraction of sp³-hybridized carbons (Fsp3) is 0.500. The molecule has 1 aromatic carbocycles. The molecule has 2 atom stereocenters. The minimum atomic E-state index is -0.972. The lowest BCUT2D eigenvalue weighted by Gasteiger charge is -2.39. The fourth-order valence-corrected chi connectivity index (χ4v) is 2.81. The maximum absolute atomic E-state index is 12.2. The molecule has 5 heteroatoms. The van der Waals surface area contributed by atoms with Crippen molar-refractivity contribution in [2.24, 2.45) is 0 Å². The van der Waals surface area contributed by atoms with Crippen molar-refractivity contribution < 1.29 is 19.8 Å². The number of nitrogens with zero attached hydrogens (tertiary/aromatic N) is 1. The van der Waals surface area contributed by atoms with E-state index in [1.54, 1.807) is 4.90 Å². The molecule has 0 aliphatic carbocycles. The highest BCUT2D eigenvalue weighted by atomic mass is 16.4. The molecule has 1 saturated heterocycles. The van der Waals surface area contributed by atoms with Crippen LogP contribution in [0.2, 0.25) is 0 Å². The van der Waals surface area contributed by atoms with Crippen molar-refractivity contribution in [1.29, 1.82) is 0 Å². The number of hydrogen-bond donors (Lipinski definition) is 2. The first-order valence-corrected chi connectivity index (χ1v) is 7.31. The van der Waals surface area contributed by atoms with E-state index >= 15 is 0 Å². The zero-order chi connectivity index (χ0) is 15.2. The Morgan fingerprint density at radius 3 is 2.57 bits per heavy atom. The van der Waals surface area contributed by atoms with Crippen molar-refractivity contribution in [2.45, 2.75) is 44.2 Å². The maximum Gasteiger partial charge on any atom is 0.303 e. The highest BCUT2D eigenvalue weighted by molar-refractivity contribution is 5.81. The number of carbonyl (C=O) groups is 2. The molecule has 0 saturated carbocycles. The predicted octanol–water partition coefficient (Wildman–Crippen LogP) is 1.45. The Kier molecular flexibility index (Phi) is 5.33. The summed E-state index contributed by atoms with van der Waals surface area (Å²) in [5.74, 6) is -1.16. The number of carboxylic acids is 1. The van der Waals surface area contributed by atoms with Gasteiger partial charge in [0.25, 0.3) is 0 Å². The van der Waals surface area contributed by atoms with Crippen LogP contribution in [-0.4, -0.2) is 45.7 Å². The SMILES string of the molecule is O=C(O)CCC(=O)N1CCC[C@H](O)[C@@H]1Cc1ccccc1. The van der Waals surface area contributed by atoms with Crippen LogP contribution >= 0.6 is 0 Å². The Morgan fingerprint density at radius 1 is 1.19 bits per heavy atom. The Balaban J connectivity index is 2.06. The molecular weight excluding hydrogens is 270 g/mol. The van der Waals surface area contributed by atoms with Crippen molar-refractivity contribution in [2.75, 3.05) is 6.54 Å². The van der Waals surface area contributed by atoms with Crippen LogP contribution in [0.5, 0.6) is 0 Å². The summed E-state index contributed by atoms with van der Waals surface area (Å²) >= 11 is 0. The van der Waals surface area contributed by atoms with Gasteiger partial charge in [0.1, 0.15) is 0 Å². The largest absolute Gasteiger partial charge is 0.481 e. The van der Waals surface area contributed by atoms with Crippen molar-refractivity contribution in [3.8, 4) is 0 Å². The molecule has 1 aromatic rings. The average molecular weight is 291 g/mol. The third-order valence-electron chi connectivity index (χ3n) is 3.90. The zero-order valence-corrected chi connectivity index (χ0v) is 11.9. The van der Waals surface area contributed by atoms with Gasteiger partial charge in [0.05, 0.1) is 18.6 Å². The molecule has 2 rings (SSSR count). The van der Waals surface area contributed by atoms with Crippen LogP contribution in [0.25, 0.3) is 0 Å². The molecule has 1 fully saturated rings. The van der Waals surface area contributed by atoms with Crippen molar-refractivity contribution >= 4 is 11.9 Å². The molecule has 1 aliphatic rings. The minimum absolute atomic E-state index is 0.00660. The summed E-state index contributed by atoms with van der Waals surface area (Å²) in [6, 6.07) is 9.48. The number of aliphatic carboxylic acids is 1. The molecular formula is C16H21NO4. The predicted molar refractivity (Wildman–Crippen MR) is 77.8 cm³/mol. The molecule has 5 nitrogen and oxygen atoms in total. The summed E-state index contributed by atoms with van der Waals surface area (Å²) in [6.07, 6.45) is 1.32. The summed E-state index contributed by atoms with van der Waals surface area (Å²) in [5, 5.41) is 18.9. The Morgan fingerprint density at radius 2 is 1.90 bits per heavy atom. The van der Waals surface area contributed by atoms with E-state index in [0.717, 1.165) is 12.0 Å². The minimum Gasteiger partial charge on any atom is -0.481 e. The highest BCUT2D eigenvalue weighted by Gasteiger charge is 2.33. The number of amides is 1. The Hall–Kier alpha value is -1.88. The summed E-state index contributed by atoms with van der Waals surface area (Å²) in [6.45, 7) is 0.590. The molecule has 0 aromatic heterocycles. The normalized spacial score (nSPS) is 22.0. The first-order chi connectivity index (χ1) is 10.1. The van der Waals surface area contributed by atoms with Gasteiger partial charge in [-0.05, 0) is 24.8 Å². The molecule has 1 aliphatic heterocycles. The van der Waals surface area contributed by atoms with Gasteiger partial charge in [-0.2, -0.15) is 0 Å². The van der Waals surface area contributed by atoms with E-state index in [1.807, 2.05) is 30.3 Å².